The molecule has 0 aliphatic heterocycles. The van der Waals surface area contributed by atoms with Gasteiger partial charge in [0.2, 0.25) is 10.0 Å². The number of amides is 1. The lowest BCUT2D eigenvalue weighted by Gasteiger charge is -2.22. The summed E-state index contributed by atoms with van der Waals surface area (Å²) >= 11 is 12.1. The molecule has 8 heteroatoms. The molecule has 2 rings (SSSR count). The largest absolute Gasteiger partial charge is 0.337 e. The van der Waals surface area contributed by atoms with E-state index in [1.54, 1.807) is 46.0 Å². The molecule has 0 aromatic heterocycles. The van der Waals surface area contributed by atoms with Crippen LogP contribution in [0.3, 0.4) is 0 Å². The lowest BCUT2D eigenvalue weighted by Crippen LogP contribution is -2.40. The van der Waals surface area contributed by atoms with Gasteiger partial charge in [0.05, 0.1) is 5.02 Å². The second-order valence-electron chi connectivity index (χ2n) is 7.29. The van der Waals surface area contributed by atoms with E-state index < -0.39 is 15.6 Å². The number of hydrogen-bond acceptors (Lipinski definition) is 3. The van der Waals surface area contributed by atoms with Crippen LogP contribution >= 0.6 is 23.2 Å². The van der Waals surface area contributed by atoms with E-state index >= 15 is 0 Å². The summed E-state index contributed by atoms with van der Waals surface area (Å²) in [5.41, 5.74) is 0.429. The van der Waals surface area contributed by atoms with Crippen molar-refractivity contribution in [2.75, 3.05) is 7.05 Å². The summed E-state index contributed by atoms with van der Waals surface area (Å²) in [6.07, 6.45) is 0. The second kappa shape index (κ2) is 8.19. The Morgan fingerprint density at radius 2 is 1.78 bits per heavy atom. The molecule has 146 valence electrons. The zero-order valence-electron chi connectivity index (χ0n) is 15.6. The first-order chi connectivity index (χ1) is 12.4. The van der Waals surface area contributed by atoms with Crippen molar-refractivity contribution in [3.05, 3.63) is 63.6 Å². The van der Waals surface area contributed by atoms with Crippen LogP contribution in [-0.4, -0.2) is 31.8 Å². The summed E-state index contributed by atoms with van der Waals surface area (Å²) in [5, 5.41) is 0.641. The lowest BCUT2D eigenvalue weighted by atomic mass is 10.1. The van der Waals surface area contributed by atoms with Crippen LogP contribution < -0.4 is 4.72 Å². The van der Waals surface area contributed by atoms with Gasteiger partial charge >= 0.3 is 0 Å². The monoisotopic (exact) mass is 428 g/mol. The Hall–Kier alpha value is -1.60. The van der Waals surface area contributed by atoms with Crippen molar-refractivity contribution >= 4 is 39.1 Å². The smallest absolute Gasteiger partial charge is 0.253 e. The molecule has 0 saturated heterocycles. The Kier molecular flexibility index (Phi) is 6.58. The van der Waals surface area contributed by atoms with Crippen LogP contribution in [0.5, 0.6) is 0 Å². The summed E-state index contributed by atoms with van der Waals surface area (Å²) in [6, 6.07) is 11.4. The predicted octanol–water partition coefficient (Wildman–Crippen LogP) is 4.34. The molecule has 0 radical (unpaired) electrons. The first-order valence-electron chi connectivity index (χ1n) is 8.22. The zero-order valence-corrected chi connectivity index (χ0v) is 17.9. The molecule has 27 heavy (non-hydrogen) atoms. The van der Waals surface area contributed by atoms with Crippen LogP contribution in [0.1, 0.15) is 36.7 Å². The Bertz CT molecular complexity index is 954. The minimum atomic E-state index is -3.87. The molecular formula is C19H22Cl2N2O3S. The fraction of sp³-hybridized carbons (Fsp3) is 0.316. The average molecular weight is 429 g/mol. The molecule has 0 fully saturated rings. The normalized spacial score (nSPS) is 12.1. The van der Waals surface area contributed by atoms with Gasteiger partial charge in [-0.15, -0.1) is 0 Å². The number of carbonyl (C=O) groups excluding carboxylic acids is 1. The van der Waals surface area contributed by atoms with E-state index in [1.165, 1.54) is 23.1 Å². The van der Waals surface area contributed by atoms with Gasteiger partial charge in [-0.1, -0.05) is 35.3 Å². The summed E-state index contributed by atoms with van der Waals surface area (Å²) in [6.45, 7) is 5.52. The van der Waals surface area contributed by atoms with Crippen molar-refractivity contribution in [1.29, 1.82) is 0 Å². The highest BCUT2D eigenvalue weighted by Crippen LogP contribution is 2.25. The third-order valence-corrected chi connectivity index (χ3v) is 6.04. The number of sulfonamides is 1. The summed E-state index contributed by atoms with van der Waals surface area (Å²) in [7, 11) is -2.23. The van der Waals surface area contributed by atoms with Gasteiger partial charge in [0.25, 0.3) is 5.91 Å². The average Bonchev–Trinajstić information content (AvgIpc) is 2.52. The van der Waals surface area contributed by atoms with Crippen LogP contribution in [-0.2, 0) is 16.6 Å². The molecule has 0 atom stereocenters. The molecular weight excluding hydrogens is 407 g/mol. The summed E-state index contributed by atoms with van der Waals surface area (Å²) < 4.78 is 27.8. The molecule has 2 aromatic rings. The van der Waals surface area contributed by atoms with E-state index in [9.17, 15) is 13.2 Å². The maximum absolute atomic E-state index is 12.7. The minimum absolute atomic E-state index is 0.0563. The van der Waals surface area contributed by atoms with Gasteiger partial charge in [-0.25, -0.2) is 13.1 Å². The van der Waals surface area contributed by atoms with Crippen LogP contribution in [0, 0.1) is 0 Å². The van der Waals surface area contributed by atoms with Gasteiger partial charge in [0, 0.05) is 29.7 Å². The Balaban J connectivity index is 2.29. The fourth-order valence-electron chi connectivity index (χ4n) is 2.50. The van der Waals surface area contributed by atoms with Gasteiger partial charge in [-0.05, 0) is 56.7 Å². The first kappa shape index (κ1) is 21.7. The van der Waals surface area contributed by atoms with E-state index in [2.05, 4.69) is 4.72 Å². The number of nitrogens with zero attached hydrogens (tertiary/aromatic N) is 1. The molecule has 0 heterocycles. The zero-order chi connectivity index (χ0) is 20.4. The van der Waals surface area contributed by atoms with Gasteiger partial charge in [-0.2, -0.15) is 0 Å². The molecule has 2 aromatic carbocycles. The van der Waals surface area contributed by atoms with Gasteiger partial charge in [0.1, 0.15) is 4.90 Å². The number of halogens is 2. The van der Waals surface area contributed by atoms with Crippen molar-refractivity contribution in [2.45, 2.75) is 37.8 Å². The Morgan fingerprint density at radius 1 is 1.11 bits per heavy atom. The molecule has 0 aliphatic carbocycles. The molecule has 0 spiro atoms. The molecule has 0 aliphatic rings. The summed E-state index contributed by atoms with van der Waals surface area (Å²) in [5.74, 6) is -0.321. The number of carbonyl (C=O) groups is 1. The highest BCUT2D eigenvalue weighted by Gasteiger charge is 2.26. The van der Waals surface area contributed by atoms with Gasteiger partial charge in [-0.3, -0.25) is 4.79 Å². The van der Waals surface area contributed by atoms with Crippen molar-refractivity contribution in [1.82, 2.24) is 9.62 Å². The third kappa shape index (κ3) is 5.94. The molecule has 0 unspecified atom stereocenters. The van der Waals surface area contributed by atoms with Crippen molar-refractivity contribution in [2.24, 2.45) is 0 Å². The predicted molar refractivity (Wildman–Crippen MR) is 109 cm³/mol. The highest BCUT2D eigenvalue weighted by atomic mass is 35.5. The molecule has 1 N–H and O–H groups in total. The Labute approximate surface area is 170 Å². The van der Waals surface area contributed by atoms with Crippen LogP contribution in [0.15, 0.2) is 47.4 Å². The minimum Gasteiger partial charge on any atom is -0.337 e. The van der Waals surface area contributed by atoms with Crippen LogP contribution in [0.2, 0.25) is 10.0 Å². The number of benzene rings is 2. The van der Waals surface area contributed by atoms with Crippen LogP contribution in [0.25, 0.3) is 0 Å². The topological polar surface area (TPSA) is 66.5 Å². The third-order valence-electron chi connectivity index (χ3n) is 3.56. The van der Waals surface area contributed by atoms with E-state index in [0.717, 1.165) is 5.56 Å². The Morgan fingerprint density at radius 3 is 2.37 bits per heavy atom. The molecule has 0 saturated carbocycles. The number of hydrogen-bond donors (Lipinski definition) is 1. The second-order valence-corrected chi connectivity index (χ2v) is 9.79. The molecule has 5 nitrogen and oxygen atoms in total. The number of rotatable bonds is 5. The van der Waals surface area contributed by atoms with Gasteiger partial charge < -0.3 is 4.90 Å². The standard InChI is InChI=1S/C19H22Cl2N2O3S/c1-19(2,3)22-27(25,26)17-11-14(8-9-16(17)21)18(24)23(4)12-13-6-5-7-15(20)10-13/h5-11,22H,12H2,1-4H3. The van der Waals surface area contributed by atoms with E-state index in [1.807, 2.05) is 6.07 Å². The fourth-order valence-corrected chi connectivity index (χ4v) is 4.66. The van der Waals surface area contributed by atoms with Gasteiger partial charge in [0.15, 0.2) is 0 Å². The maximum atomic E-state index is 12.7. The lowest BCUT2D eigenvalue weighted by molar-refractivity contribution is 0.0785. The summed E-state index contributed by atoms with van der Waals surface area (Å²) in [4.78, 5) is 14.1. The van der Waals surface area contributed by atoms with E-state index in [-0.39, 0.29) is 21.4 Å². The maximum Gasteiger partial charge on any atom is 0.253 e. The van der Waals surface area contributed by atoms with Crippen molar-refractivity contribution < 1.29 is 13.2 Å². The SMILES string of the molecule is CN(Cc1cccc(Cl)c1)C(=O)c1ccc(Cl)c(S(=O)(=O)NC(C)(C)C)c1. The van der Waals surface area contributed by atoms with Crippen molar-refractivity contribution in [3.63, 3.8) is 0 Å². The molecule has 1 amide bonds. The van der Waals surface area contributed by atoms with Crippen LogP contribution in [0.4, 0.5) is 0 Å². The molecule has 0 bridgehead atoms. The number of nitrogens with one attached hydrogen (secondary N) is 1. The van der Waals surface area contributed by atoms with E-state index in [0.29, 0.717) is 11.6 Å². The quantitative estimate of drug-likeness (QED) is 0.769. The first-order valence-corrected chi connectivity index (χ1v) is 10.5. The van der Waals surface area contributed by atoms with Crippen molar-refractivity contribution in [3.8, 4) is 0 Å². The highest BCUT2D eigenvalue weighted by molar-refractivity contribution is 7.89. The van der Waals surface area contributed by atoms with E-state index in [4.69, 9.17) is 23.2 Å².